The first-order valence-corrected chi connectivity index (χ1v) is 11.7. The van der Waals surface area contributed by atoms with Gasteiger partial charge in [-0.25, -0.2) is 4.98 Å². The molecule has 0 aliphatic carbocycles. The van der Waals surface area contributed by atoms with Crippen LogP contribution in [0.2, 0.25) is 5.02 Å². The molecule has 5 nitrogen and oxygen atoms in total. The van der Waals surface area contributed by atoms with Gasteiger partial charge in [-0.1, -0.05) is 40.6 Å². The molecule has 0 spiro atoms. The number of aromatic nitrogens is 1. The SMILES string of the molecule is COc1ccc(Cl)c2sc(N(CC3CCCO3)C(=O)Cc3c(C)cc(C)cc3C)nc12. The molecule has 1 aliphatic rings. The number of fused-ring (bicyclic) bond motifs is 1. The quantitative estimate of drug-likeness (QED) is 0.479. The predicted octanol–water partition coefficient (Wildman–Crippen LogP) is 5.64. The van der Waals surface area contributed by atoms with Crippen LogP contribution in [0, 0.1) is 20.8 Å². The van der Waals surface area contributed by atoms with E-state index >= 15 is 0 Å². The fourth-order valence-corrected chi connectivity index (χ4v) is 5.52. The fraction of sp³-hybridized carbons (Fsp3) is 0.417. The minimum atomic E-state index is 0.0136. The summed E-state index contributed by atoms with van der Waals surface area (Å²) in [4.78, 5) is 20.1. The maximum Gasteiger partial charge on any atom is 0.233 e. The summed E-state index contributed by atoms with van der Waals surface area (Å²) in [5, 5.41) is 1.23. The number of anilines is 1. The van der Waals surface area contributed by atoms with Crippen LogP contribution in [-0.2, 0) is 16.0 Å². The van der Waals surface area contributed by atoms with Gasteiger partial charge in [0.2, 0.25) is 5.91 Å². The average molecular weight is 459 g/mol. The van der Waals surface area contributed by atoms with E-state index < -0.39 is 0 Å². The highest BCUT2D eigenvalue weighted by molar-refractivity contribution is 7.23. The Morgan fingerprint density at radius 2 is 2.03 bits per heavy atom. The van der Waals surface area contributed by atoms with Crippen LogP contribution >= 0.6 is 22.9 Å². The highest BCUT2D eigenvalue weighted by Gasteiger charge is 2.27. The standard InChI is InChI=1S/C24H27ClN2O3S/c1-14-10-15(2)18(16(3)11-14)12-21(28)27(13-17-6-5-9-30-17)24-26-22-20(29-4)8-7-19(25)23(22)31-24/h7-8,10-11,17H,5-6,9,12-13H2,1-4H3. The Morgan fingerprint density at radius 1 is 1.29 bits per heavy atom. The molecule has 1 saturated heterocycles. The molecule has 0 N–H and O–H groups in total. The van der Waals surface area contributed by atoms with Gasteiger partial charge in [0.25, 0.3) is 0 Å². The van der Waals surface area contributed by atoms with Gasteiger partial charge in [0.05, 0.1) is 35.9 Å². The summed E-state index contributed by atoms with van der Waals surface area (Å²) in [5.74, 6) is 0.663. The lowest BCUT2D eigenvalue weighted by molar-refractivity contribution is -0.118. The van der Waals surface area contributed by atoms with Gasteiger partial charge in [0, 0.05) is 6.61 Å². The summed E-state index contributed by atoms with van der Waals surface area (Å²) in [6, 6.07) is 7.86. The molecule has 3 aromatic rings. The van der Waals surface area contributed by atoms with E-state index in [2.05, 4.69) is 32.9 Å². The van der Waals surface area contributed by atoms with Crippen LogP contribution in [0.5, 0.6) is 5.75 Å². The second kappa shape index (κ2) is 9.15. The predicted molar refractivity (Wildman–Crippen MR) is 127 cm³/mol. The topological polar surface area (TPSA) is 51.7 Å². The number of carbonyl (C=O) groups is 1. The molecule has 1 unspecified atom stereocenters. The van der Waals surface area contributed by atoms with E-state index in [1.54, 1.807) is 24.1 Å². The highest BCUT2D eigenvalue weighted by atomic mass is 35.5. The summed E-state index contributed by atoms with van der Waals surface area (Å²) < 4.78 is 12.1. The van der Waals surface area contributed by atoms with Crippen LogP contribution in [-0.4, -0.2) is 37.3 Å². The second-order valence-electron chi connectivity index (χ2n) is 8.12. The molecule has 0 saturated carbocycles. The first-order chi connectivity index (χ1) is 14.9. The van der Waals surface area contributed by atoms with Gasteiger partial charge >= 0.3 is 0 Å². The van der Waals surface area contributed by atoms with Gasteiger partial charge in [-0.15, -0.1) is 0 Å². The smallest absolute Gasteiger partial charge is 0.233 e. The van der Waals surface area contributed by atoms with Gasteiger partial charge in [0.1, 0.15) is 11.3 Å². The Kier molecular flexibility index (Phi) is 6.51. The summed E-state index contributed by atoms with van der Waals surface area (Å²) >= 11 is 7.85. The van der Waals surface area contributed by atoms with Crippen molar-refractivity contribution in [2.75, 3.05) is 25.2 Å². The van der Waals surface area contributed by atoms with Crippen molar-refractivity contribution in [2.24, 2.45) is 0 Å². The molecule has 1 fully saturated rings. The zero-order valence-electron chi connectivity index (χ0n) is 18.3. The van der Waals surface area contributed by atoms with Gasteiger partial charge in [0.15, 0.2) is 5.13 Å². The zero-order chi connectivity index (χ0) is 22.1. The minimum absolute atomic E-state index is 0.0136. The third-order valence-electron chi connectivity index (χ3n) is 5.78. The lowest BCUT2D eigenvalue weighted by Crippen LogP contribution is -2.38. The Balaban J connectivity index is 1.72. The van der Waals surface area contributed by atoms with Crippen molar-refractivity contribution in [3.05, 3.63) is 51.5 Å². The summed E-state index contributed by atoms with van der Waals surface area (Å²) in [6.07, 6.45) is 2.31. The lowest BCUT2D eigenvalue weighted by Gasteiger charge is -2.24. The molecule has 1 aliphatic heterocycles. The van der Waals surface area contributed by atoms with E-state index in [0.29, 0.717) is 34.4 Å². The van der Waals surface area contributed by atoms with E-state index in [1.807, 2.05) is 0 Å². The minimum Gasteiger partial charge on any atom is -0.494 e. The summed E-state index contributed by atoms with van der Waals surface area (Å²) in [7, 11) is 1.61. The molecule has 2 aromatic carbocycles. The number of methoxy groups -OCH3 is 1. The van der Waals surface area contributed by atoms with Crippen molar-refractivity contribution in [3.63, 3.8) is 0 Å². The molecule has 2 heterocycles. The molecule has 31 heavy (non-hydrogen) atoms. The van der Waals surface area contributed by atoms with Crippen LogP contribution in [0.25, 0.3) is 10.2 Å². The number of rotatable bonds is 6. The molecular formula is C24H27ClN2O3S. The first-order valence-electron chi connectivity index (χ1n) is 10.5. The van der Waals surface area contributed by atoms with Crippen LogP contribution in [0.1, 0.15) is 35.1 Å². The monoisotopic (exact) mass is 458 g/mol. The zero-order valence-corrected chi connectivity index (χ0v) is 19.9. The van der Waals surface area contributed by atoms with Crippen LogP contribution in [0.4, 0.5) is 5.13 Å². The molecule has 0 bridgehead atoms. The lowest BCUT2D eigenvalue weighted by atomic mass is 9.97. The third kappa shape index (κ3) is 4.56. The van der Waals surface area contributed by atoms with E-state index in [9.17, 15) is 4.79 Å². The van der Waals surface area contributed by atoms with Crippen molar-refractivity contribution in [1.82, 2.24) is 4.98 Å². The number of amides is 1. The number of ether oxygens (including phenoxy) is 2. The number of hydrogen-bond acceptors (Lipinski definition) is 5. The Morgan fingerprint density at radius 3 is 2.68 bits per heavy atom. The van der Waals surface area contributed by atoms with Gasteiger partial charge in [-0.05, 0) is 62.4 Å². The van der Waals surface area contributed by atoms with Crippen molar-refractivity contribution < 1.29 is 14.3 Å². The van der Waals surface area contributed by atoms with Crippen molar-refractivity contribution in [3.8, 4) is 5.75 Å². The second-order valence-corrected chi connectivity index (χ2v) is 9.50. The number of halogens is 1. The van der Waals surface area contributed by atoms with Crippen LogP contribution in [0.3, 0.4) is 0 Å². The molecule has 1 amide bonds. The molecule has 4 rings (SSSR count). The van der Waals surface area contributed by atoms with Crippen LogP contribution in [0.15, 0.2) is 24.3 Å². The van der Waals surface area contributed by atoms with E-state index in [0.717, 1.165) is 40.8 Å². The number of benzene rings is 2. The third-order valence-corrected chi connectivity index (χ3v) is 7.32. The summed E-state index contributed by atoms with van der Waals surface area (Å²) in [5.41, 5.74) is 5.23. The number of aryl methyl sites for hydroxylation is 3. The Labute approximate surface area is 191 Å². The van der Waals surface area contributed by atoms with E-state index in [4.69, 9.17) is 26.1 Å². The maximum absolute atomic E-state index is 13.6. The molecule has 7 heteroatoms. The van der Waals surface area contributed by atoms with Crippen molar-refractivity contribution in [1.29, 1.82) is 0 Å². The van der Waals surface area contributed by atoms with E-state index in [-0.39, 0.29) is 12.0 Å². The van der Waals surface area contributed by atoms with Gasteiger partial charge in [-0.2, -0.15) is 0 Å². The Bertz CT molecular complexity index is 1100. The highest BCUT2D eigenvalue weighted by Crippen LogP contribution is 2.39. The number of nitrogens with zero attached hydrogens (tertiary/aromatic N) is 2. The Hall–Kier alpha value is -2.15. The first kappa shape index (κ1) is 22.1. The molecule has 1 atom stereocenters. The molecule has 1 aromatic heterocycles. The van der Waals surface area contributed by atoms with Crippen molar-refractivity contribution >= 4 is 44.2 Å². The van der Waals surface area contributed by atoms with Gasteiger partial charge < -0.3 is 9.47 Å². The molecular weight excluding hydrogens is 432 g/mol. The largest absolute Gasteiger partial charge is 0.494 e. The van der Waals surface area contributed by atoms with E-state index in [1.165, 1.54) is 16.9 Å². The van der Waals surface area contributed by atoms with Crippen molar-refractivity contribution in [2.45, 2.75) is 46.1 Å². The van der Waals surface area contributed by atoms with Gasteiger partial charge in [-0.3, -0.25) is 9.69 Å². The summed E-state index contributed by atoms with van der Waals surface area (Å²) in [6.45, 7) is 7.43. The normalized spacial score (nSPS) is 16.1. The average Bonchev–Trinajstić information content (AvgIpc) is 3.39. The maximum atomic E-state index is 13.6. The molecule has 164 valence electrons. The van der Waals surface area contributed by atoms with Crippen LogP contribution < -0.4 is 9.64 Å². The fourth-order valence-electron chi connectivity index (χ4n) is 4.24. The molecule has 0 radical (unpaired) electrons. The number of hydrogen-bond donors (Lipinski definition) is 0. The number of thiazole rings is 1. The number of carbonyl (C=O) groups excluding carboxylic acids is 1.